The number of nitrogens with one attached hydrogen (secondary N) is 1. The molecule has 45 heavy (non-hydrogen) atoms. The molecular weight excluding hydrogens is 674 g/mol. The van der Waals surface area contributed by atoms with Crippen molar-refractivity contribution in [2.24, 2.45) is 0 Å². The number of anilines is 1. The maximum absolute atomic E-state index is 14.3. The Labute approximate surface area is 275 Å². The maximum Gasteiger partial charge on any atom is 0.416 e. The number of alkyl halides is 3. The summed E-state index contributed by atoms with van der Waals surface area (Å²) >= 11 is 19.2. The highest BCUT2D eigenvalue weighted by Gasteiger charge is 2.37. The Hall–Kier alpha value is -2.99. The lowest BCUT2D eigenvalue weighted by Gasteiger charge is -2.34. The summed E-state index contributed by atoms with van der Waals surface area (Å²) in [5, 5.41) is 3.06. The van der Waals surface area contributed by atoms with Gasteiger partial charge in [0.2, 0.25) is 11.8 Å². The molecule has 0 aromatic heterocycles. The number of rotatable bonds is 11. The normalized spacial score (nSPS) is 14.6. The molecule has 14 heteroatoms. The van der Waals surface area contributed by atoms with Gasteiger partial charge in [-0.05, 0) is 61.7 Å². The third kappa shape index (κ3) is 8.24. The van der Waals surface area contributed by atoms with Gasteiger partial charge in [0.15, 0.2) is 0 Å². The monoisotopic (exact) mass is 703 g/mol. The molecule has 0 saturated heterocycles. The molecule has 0 radical (unpaired) electrons. The predicted octanol–water partition coefficient (Wildman–Crippen LogP) is 7.73. The molecule has 4 rings (SSSR count). The molecule has 1 atom stereocenters. The Bertz CT molecular complexity index is 1620. The summed E-state index contributed by atoms with van der Waals surface area (Å²) in [6.45, 7) is 0.437. The zero-order valence-corrected chi connectivity index (χ0v) is 27.2. The van der Waals surface area contributed by atoms with Crippen LogP contribution >= 0.6 is 34.8 Å². The summed E-state index contributed by atoms with van der Waals surface area (Å²) in [5.74, 6) is -1.33. The molecule has 1 aliphatic rings. The third-order valence-electron chi connectivity index (χ3n) is 7.63. The van der Waals surface area contributed by atoms with E-state index in [2.05, 4.69) is 5.32 Å². The van der Waals surface area contributed by atoms with E-state index in [1.807, 2.05) is 0 Å². The van der Waals surface area contributed by atoms with E-state index in [1.165, 1.54) is 24.3 Å². The highest BCUT2D eigenvalue weighted by atomic mass is 35.5. The second kappa shape index (κ2) is 14.6. The SMILES string of the molecule is CC[C@@H](C(=O)NC1CCCC1)N(Cc1c(Cl)cccc1Cl)C(=O)CN(c1cc(C(F)(F)F)ccc1Cl)S(=O)(=O)c1ccccc1. The molecule has 0 heterocycles. The number of benzene rings is 3. The van der Waals surface area contributed by atoms with E-state index < -0.39 is 51.9 Å². The first-order valence-corrected chi connectivity index (χ1v) is 16.8. The summed E-state index contributed by atoms with van der Waals surface area (Å²) < 4.78 is 69.7. The molecule has 1 fully saturated rings. The first-order valence-electron chi connectivity index (χ1n) is 14.2. The number of carbonyl (C=O) groups is 2. The van der Waals surface area contributed by atoms with Gasteiger partial charge >= 0.3 is 6.18 Å². The molecule has 0 bridgehead atoms. The van der Waals surface area contributed by atoms with E-state index >= 15 is 0 Å². The second-order valence-corrected chi connectivity index (χ2v) is 13.7. The van der Waals surface area contributed by atoms with Crippen molar-refractivity contribution in [2.75, 3.05) is 10.8 Å². The third-order valence-corrected chi connectivity index (χ3v) is 10.4. The molecule has 0 spiro atoms. The van der Waals surface area contributed by atoms with Gasteiger partial charge in [-0.15, -0.1) is 0 Å². The Morgan fingerprint density at radius 1 is 0.933 bits per heavy atom. The quantitative estimate of drug-likeness (QED) is 0.222. The van der Waals surface area contributed by atoms with E-state index in [0.717, 1.165) is 36.6 Å². The average Bonchev–Trinajstić information content (AvgIpc) is 3.50. The molecule has 3 aromatic carbocycles. The van der Waals surface area contributed by atoms with Crippen molar-refractivity contribution < 1.29 is 31.2 Å². The predicted molar refractivity (Wildman–Crippen MR) is 169 cm³/mol. The minimum atomic E-state index is -4.83. The van der Waals surface area contributed by atoms with Crippen molar-refractivity contribution in [1.29, 1.82) is 0 Å². The summed E-state index contributed by atoms with van der Waals surface area (Å²) in [5.41, 5.74) is -1.40. The van der Waals surface area contributed by atoms with Gasteiger partial charge in [0.1, 0.15) is 12.6 Å². The van der Waals surface area contributed by atoms with E-state index in [0.29, 0.717) is 22.0 Å². The van der Waals surface area contributed by atoms with Gasteiger partial charge in [0, 0.05) is 28.2 Å². The van der Waals surface area contributed by atoms with Crippen LogP contribution in [0.15, 0.2) is 71.6 Å². The molecule has 0 unspecified atom stereocenters. The molecule has 2 amide bonds. The largest absolute Gasteiger partial charge is 0.416 e. The van der Waals surface area contributed by atoms with Crippen LogP contribution in [0, 0.1) is 0 Å². The first kappa shape index (κ1) is 34.9. The molecule has 1 N–H and O–H groups in total. The fraction of sp³-hybridized carbons (Fsp3) is 0.355. The van der Waals surface area contributed by atoms with Crippen molar-refractivity contribution in [3.05, 3.63) is 92.9 Å². The number of halogens is 6. The molecule has 3 aromatic rings. The van der Waals surface area contributed by atoms with Crippen molar-refractivity contribution >= 4 is 62.3 Å². The Morgan fingerprint density at radius 2 is 1.56 bits per heavy atom. The van der Waals surface area contributed by atoms with Gasteiger partial charge in [-0.1, -0.05) is 78.8 Å². The van der Waals surface area contributed by atoms with Crippen molar-refractivity contribution in [3.63, 3.8) is 0 Å². The van der Waals surface area contributed by atoms with Crippen LogP contribution in [0.2, 0.25) is 15.1 Å². The van der Waals surface area contributed by atoms with Crippen LogP contribution in [-0.2, 0) is 32.3 Å². The zero-order valence-electron chi connectivity index (χ0n) is 24.2. The highest BCUT2D eigenvalue weighted by molar-refractivity contribution is 7.92. The summed E-state index contributed by atoms with van der Waals surface area (Å²) in [6.07, 6.45) is -1.23. The van der Waals surface area contributed by atoms with Crippen LogP contribution in [0.25, 0.3) is 0 Å². The molecule has 1 saturated carbocycles. The number of hydrogen-bond donors (Lipinski definition) is 1. The van der Waals surface area contributed by atoms with Crippen LogP contribution in [0.1, 0.15) is 50.2 Å². The number of carbonyl (C=O) groups excluding carboxylic acids is 2. The summed E-state index contributed by atoms with van der Waals surface area (Å²) in [6, 6.07) is 12.7. The van der Waals surface area contributed by atoms with E-state index in [1.54, 1.807) is 31.2 Å². The number of hydrogen-bond acceptors (Lipinski definition) is 4. The molecule has 7 nitrogen and oxygen atoms in total. The van der Waals surface area contributed by atoms with E-state index in [9.17, 15) is 31.2 Å². The number of amides is 2. The van der Waals surface area contributed by atoms with Crippen molar-refractivity contribution in [3.8, 4) is 0 Å². The van der Waals surface area contributed by atoms with Crippen molar-refractivity contribution in [1.82, 2.24) is 10.2 Å². The highest BCUT2D eigenvalue weighted by Crippen LogP contribution is 2.38. The first-order chi connectivity index (χ1) is 21.2. The average molecular weight is 705 g/mol. The van der Waals surface area contributed by atoms with Crippen LogP contribution < -0.4 is 9.62 Å². The van der Waals surface area contributed by atoms with Gasteiger partial charge < -0.3 is 10.2 Å². The number of nitrogens with zero attached hydrogens (tertiary/aromatic N) is 2. The van der Waals surface area contributed by atoms with Crippen LogP contribution in [-0.4, -0.2) is 43.8 Å². The molecular formula is C31H31Cl3F3N3O4S. The summed E-state index contributed by atoms with van der Waals surface area (Å²) in [4.78, 5) is 28.7. The van der Waals surface area contributed by atoms with Gasteiger partial charge in [-0.3, -0.25) is 13.9 Å². The maximum atomic E-state index is 14.3. The molecule has 1 aliphatic carbocycles. The lowest BCUT2D eigenvalue weighted by atomic mass is 10.1. The lowest BCUT2D eigenvalue weighted by Crippen LogP contribution is -2.53. The smallest absolute Gasteiger partial charge is 0.352 e. The topological polar surface area (TPSA) is 86.8 Å². The number of sulfonamides is 1. The Morgan fingerprint density at radius 3 is 2.13 bits per heavy atom. The minimum absolute atomic E-state index is 0.0775. The van der Waals surface area contributed by atoms with Gasteiger partial charge in [-0.25, -0.2) is 8.42 Å². The lowest BCUT2D eigenvalue weighted by molar-refractivity contribution is -0.140. The van der Waals surface area contributed by atoms with E-state index in [4.69, 9.17) is 34.8 Å². The molecule has 242 valence electrons. The Kier molecular flexibility index (Phi) is 11.3. The van der Waals surface area contributed by atoms with Gasteiger partial charge in [0.05, 0.1) is 21.2 Å². The zero-order chi connectivity index (χ0) is 32.9. The van der Waals surface area contributed by atoms with Crippen LogP contribution in [0.3, 0.4) is 0 Å². The Balaban J connectivity index is 1.81. The molecule has 0 aliphatic heterocycles. The fourth-order valence-corrected chi connectivity index (χ4v) is 7.49. The standard InChI is InChI=1S/C31H31Cl3F3N3O4S/c1-2-27(30(42)38-21-9-6-7-10-21)39(18-23-24(32)13-8-14-25(23)33)29(41)19-40(45(43,44)22-11-4-3-5-12-22)28-17-20(31(35,36)37)15-16-26(28)34/h3-5,8,11-17,21,27H,2,6-7,9-10,18-19H2,1H3,(H,38,42)/t27-/m0/s1. The fourth-order valence-electron chi connectivity index (χ4n) is 5.25. The van der Waals surface area contributed by atoms with Gasteiger partial charge in [0.25, 0.3) is 10.0 Å². The van der Waals surface area contributed by atoms with Crippen molar-refractivity contribution in [2.45, 2.75) is 68.7 Å². The van der Waals surface area contributed by atoms with Crippen LogP contribution in [0.4, 0.5) is 18.9 Å². The van der Waals surface area contributed by atoms with Crippen LogP contribution in [0.5, 0.6) is 0 Å². The van der Waals surface area contributed by atoms with Gasteiger partial charge in [-0.2, -0.15) is 13.2 Å². The second-order valence-electron chi connectivity index (χ2n) is 10.6. The van der Waals surface area contributed by atoms with E-state index in [-0.39, 0.29) is 39.0 Å². The minimum Gasteiger partial charge on any atom is -0.352 e. The summed E-state index contributed by atoms with van der Waals surface area (Å²) in [7, 11) is -4.65.